The van der Waals surface area contributed by atoms with E-state index in [1.165, 1.54) is 15.6 Å². The zero-order valence-corrected chi connectivity index (χ0v) is 12.5. The van der Waals surface area contributed by atoms with E-state index < -0.39 is 0 Å². The molecule has 0 bridgehead atoms. The predicted molar refractivity (Wildman–Crippen MR) is 76.4 cm³/mol. The van der Waals surface area contributed by atoms with Gasteiger partial charge in [0.15, 0.2) is 0 Å². The zero-order valence-electron chi connectivity index (χ0n) is 10.9. The van der Waals surface area contributed by atoms with Gasteiger partial charge < -0.3 is 10.1 Å². The van der Waals surface area contributed by atoms with Gasteiger partial charge in [0, 0.05) is 24.2 Å². The fourth-order valence-corrected chi connectivity index (χ4v) is 2.29. The third-order valence-electron chi connectivity index (χ3n) is 2.89. The maximum atomic E-state index is 5.11. The maximum absolute atomic E-state index is 5.11. The molecule has 0 radical (unpaired) electrons. The molecule has 17 heavy (non-hydrogen) atoms. The third kappa shape index (κ3) is 4.78. The van der Waals surface area contributed by atoms with Crippen molar-refractivity contribution in [3.63, 3.8) is 0 Å². The van der Waals surface area contributed by atoms with Crippen LogP contribution in [0.15, 0.2) is 22.7 Å². The Labute approximate surface area is 113 Å². The van der Waals surface area contributed by atoms with E-state index in [0.29, 0.717) is 6.04 Å². The lowest BCUT2D eigenvalue weighted by Crippen LogP contribution is -2.21. The molecule has 0 heterocycles. The number of benzene rings is 1. The fraction of sp³-hybridized carbons (Fsp3) is 0.571. The fourth-order valence-electron chi connectivity index (χ4n) is 1.89. The van der Waals surface area contributed by atoms with Gasteiger partial charge in [0.2, 0.25) is 0 Å². The monoisotopic (exact) mass is 299 g/mol. The lowest BCUT2D eigenvalue weighted by molar-refractivity contribution is 0.189. The molecule has 1 N–H and O–H groups in total. The topological polar surface area (TPSA) is 21.3 Å². The van der Waals surface area contributed by atoms with Gasteiger partial charge in [0.25, 0.3) is 0 Å². The molecular weight excluding hydrogens is 278 g/mol. The first-order valence-electron chi connectivity index (χ1n) is 6.17. The number of methoxy groups -OCH3 is 1. The van der Waals surface area contributed by atoms with Gasteiger partial charge in [-0.25, -0.2) is 0 Å². The number of aryl methyl sites for hydroxylation is 1. The molecule has 0 aliphatic rings. The second kappa shape index (κ2) is 7.85. The van der Waals surface area contributed by atoms with Gasteiger partial charge in [-0.05, 0) is 43.5 Å². The SMILES string of the molecule is CCNC(CCCOC)c1ccc(C)c(Br)c1. The van der Waals surface area contributed by atoms with Crippen molar-refractivity contribution in [2.24, 2.45) is 0 Å². The van der Waals surface area contributed by atoms with Crippen LogP contribution in [0.4, 0.5) is 0 Å². The van der Waals surface area contributed by atoms with E-state index in [1.54, 1.807) is 7.11 Å². The summed E-state index contributed by atoms with van der Waals surface area (Å²) in [7, 11) is 1.75. The van der Waals surface area contributed by atoms with E-state index in [1.807, 2.05) is 0 Å². The number of nitrogens with one attached hydrogen (secondary N) is 1. The molecule has 0 aromatic heterocycles. The Morgan fingerprint density at radius 3 is 2.76 bits per heavy atom. The molecule has 0 saturated heterocycles. The Balaban J connectivity index is 2.70. The van der Waals surface area contributed by atoms with Gasteiger partial charge in [-0.1, -0.05) is 35.0 Å². The van der Waals surface area contributed by atoms with Crippen LogP contribution in [0.25, 0.3) is 0 Å². The van der Waals surface area contributed by atoms with Crippen molar-refractivity contribution >= 4 is 15.9 Å². The number of hydrogen-bond acceptors (Lipinski definition) is 2. The van der Waals surface area contributed by atoms with Gasteiger partial charge in [-0.15, -0.1) is 0 Å². The second-order valence-corrected chi connectivity index (χ2v) is 5.11. The Hall–Kier alpha value is -0.380. The molecule has 96 valence electrons. The molecule has 2 nitrogen and oxygen atoms in total. The van der Waals surface area contributed by atoms with Crippen LogP contribution in [0.2, 0.25) is 0 Å². The van der Waals surface area contributed by atoms with Gasteiger partial charge in [0.1, 0.15) is 0 Å². The van der Waals surface area contributed by atoms with Crippen LogP contribution in [-0.2, 0) is 4.74 Å². The molecule has 1 atom stereocenters. The van der Waals surface area contributed by atoms with Crippen LogP contribution < -0.4 is 5.32 Å². The molecule has 0 amide bonds. The summed E-state index contributed by atoms with van der Waals surface area (Å²) in [5, 5.41) is 3.53. The number of hydrogen-bond donors (Lipinski definition) is 1. The molecule has 3 heteroatoms. The summed E-state index contributed by atoms with van der Waals surface area (Å²) in [5.41, 5.74) is 2.63. The minimum atomic E-state index is 0.423. The Morgan fingerprint density at radius 1 is 1.41 bits per heavy atom. The van der Waals surface area contributed by atoms with E-state index in [-0.39, 0.29) is 0 Å². The molecule has 0 saturated carbocycles. The highest BCUT2D eigenvalue weighted by molar-refractivity contribution is 9.10. The van der Waals surface area contributed by atoms with Crippen molar-refractivity contribution in [1.29, 1.82) is 0 Å². The Bertz CT molecular complexity index is 341. The first-order valence-corrected chi connectivity index (χ1v) is 6.96. The molecule has 1 aromatic carbocycles. The summed E-state index contributed by atoms with van der Waals surface area (Å²) >= 11 is 3.59. The smallest absolute Gasteiger partial charge is 0.0462 e. The highest BCUT2D eigenvalue weighted by atomic mass is 79.9. The lowest BCUT2D eigenvalue weighted by atomic mass is 10.0. The number of ether oxygens (including phenoxy) is 1. The molecule has 1 rings (SSSR count). The summed E-state index contributed by atoms with van der Waals surface area (Å²) < 4.78 is 6.30. The molecular formula is C14H22BrNO. The standard InChI is InChI=1S/C14H22BrNO/c1-4-16-14(6-5-9-17-3)12-8-7-11(2)13(15)10-12/h7-8,10,14,16H,4-6,9H2,1-3H3. The normalized spacial score (nSPS) is 12.7. The van der Waals surface area contributed by atoms with Crippen molar-refractivity contribution < 1.29 is 4.74 Å². The van der Waals surface area contributed by atoms with E-state index >= 15 is 0 Å². The van der Waals surface area contributed by atoms with Crippen molar-refractivity contribution in [2.75, 3.05) is 20.3 Å². The van der Waals surface area contributed by atoms with Crippen LogP contribution in [0.1, 0.15) is 36.9 Å². The summed E-state index contributed by atoms with van der Waals surface area (Å²) in [5.74, 6) is 0. The van der Waals surface area contributed by atoms with Crippen LogP contribution >= 0.6 is 15.9 Å². The van der Waals surface area contributed by atoms with Gasteiger partial charge >= 0.3 is 0 Å². The van der Waals surface area contributed by atoms with Gasteiger partial charge in [-0.2, -0.15) is 0 Å². The first-order chi connectivity index (χ1) is 8.19. The summed E-state index contributed by atoms with van der Waals surface area (Å²) in [6.07, 6.45) is 2.19. The largest absolute Gasteiger partial charge is 0.385 e. The summed E-state index contributed by atoms with van der Waals surface area (Å²) in [4.78, 5) is 0. The van der Waals surface area contributed by atoms with Crippen LogP contribution in [-0.4, -0.2) is 20.3 Å². The van der Waals surface area contributed by atoms with E-state index in [0.717, 1.165) is 26.0 Å². The molecule has 0 aliphatic carbocycles. The Morgan fingerprint density at radius 2 is 2.18 bits per heavy atom. The molecule has 0 aliphatic heterocycles. The van der Waals surface area contributed by atoms with E-state index in [2.05, 4.69) is 53.3 Å². The molecule has 0 spiro atoms. The van der Waals surface area contributed by atoms with Crippen LogP contribution in [0.5, 0.6) is 0 Å². The summed E-state index contributed by atoms with van der Waals surface area (Å²) in [6, 6.07) is 7.02. The van der Waals surface area contributed by atoms with Crippen molar-refractivity contribution in [3.05, 3.63) is 33.8 Å². The zero-order chi connectivity index (χ0) is 12.7. The highest BCUT2D eigenvalue weighted by Gasteiger charge is 2.10. The molecule has 1 aromatic rings. The van der Waals surface area contributed by atoms with Gasteiger partial charge in [0.05, 0.1) is 0 Å². The van der Waals surface area contributed by atoms with Crippen LogP contribution in [0, 0.1) is 6.92 Å². The van der Waals surface area contributed by atoms with Crippen molar-refractivity contribution in [3.8, 4) is 0 Å². The highest BCUT2D eigenvalue weighted by Crippen LogP contribution is 2.24. The minimum Gasteiger partial charge on any atom is -0.385 e. The average Bonchev–Trinajstić information content (AvgIpc) is 2.32. The number of rotatable bonds is 7. The maximum Gasteiger partial charge on any atom is 0.0462 e. The van der Waals surface area contributed by atoms with Crippen molar-refractivity contribution in [2.45, 2.75) is 32.7 Å². The Kier molecular flexibility index (Phi) is 6.78. The second-order valence-electron chi connectivity index (χ2n) is 4.25. The molecule has 0 fully saturated rings. The summed E-state index contributed by atoms with van der Waals surface area (Å²) in [6.45, 7) is 6.08. The quantitative estimate of drug-likeness (QED) is 0.773. The minimum absolute atomic E-state index is 0.423. The van der Waals surface area contributed by atoms with Gasteiger partial charge in [-0.3, -0.25) is 0 Å². The van der Waals surface area contributed by atoms with Crippen molar-refractivity contribution in [1.82, 2.24) is 5.32 Å². The predicted octanol–water partition coefficient (Wildman–Crippen LogP) is 3.83. The average molecular weight is 300 g/mol. The van der Waals surface area contributed by atoms with Crippen LogP contribution in [0.3, 0.4) is 0 Å². The first kappa shape index (κ1) is 14.7. The third-order valence-corrected chi connectivity index (χ3v) is 3.74. The van der Waals surface area contributed by atoms with E-state index in [9.17, 15) is 0 Å². The number of halogens is 1. The molecule has 1 unspecified atom stereocenters. The van der Waals surface area contributed by atoms with E-state index in [4.69, 9.17) is 4.74 Å². The lowest BCUT2D eigenvalue weighted by Gasteiger charge is -2.19.